The number of hydrogen-bond donors (Lipinski definition) is 1. The van der Waals surface area contributed by atoms with Crippen molar-refractivity contribution in [1.29, 1.82) is 0 Å². The Morgan fingerprint density at radius 3 is 2.67 bits per heavy atom. The Morgan fingerprint density at radius 1 is 1.29 bits per heavy atom. The lowest BCUT2D eigenvalue weighted by molar-refractivity contribution is 0.414. The van der Waals surface area contributed by atoms with E-state index in [1.54, 1.807) is 7.11 Å². The molecule has 5 heteroatoms. The predicted octanol–water partition coefficient (Wildman–Crippen LogP) is 4.02. The van der Waals surface area contributed by atoms with Crippen molar-refractivity contribution < 1.29 is 4.74 Å². The Hall–Kier alpha value is -2.14. The highest BCUT2D eigenvalue weighted by Gasteiger charge is 2.14. The number of benzene rings is 1. The molecule has 0 aliphatic heterocycles. The van der Waals surface area contributed by atoms with Crippen LogP contribution in [0.2, 0.25) is 0 Å². The van der Waals surface area contributed by atoms with Gasteiger partial charge in [-0.1, -0.05) is 12.1 Å². The monoisotopic (exact) mass is 299 g/mol. The molecule has 1 aromatic carbocycles. The van der Waals surface area contributed by atoms with Crippen LogP contribution in [0, 0.1) is 11.7 Å². The number of aromatic nitrogens is 3. The van der Waals surface area contributed by atoms with Gasteiger partial charge in [0.05, 0.1) is 18.7 Å². The third-order valence-corrected chi connectivity index (χ3v) is 3.98. The molecule has 1 atom stereocenters. The summed E-state index contributed by atoms with van der Waals surface area (Å²) in [6.07, 6.45) is 1.86. The maximum absolute atomic E-state index is 5.46. The summed E-state index contributed by atoms with van der Waals surface area (Å²) in [5, 5.41) is 0. The van der Waals surface area contributed by atoms with Crippen LogP contribution in [-0.2, 0) is 0 Å². The molecule has 21 heavy (non-hydrogen) atoms. The minimum atomic E-state index is 0.104. The first-order chi connectivity index (χ1) is 10.1. The summed E-state index contributed by atoms with van der Waals surface area (Å²) >= 11 is 5.46. The van der Waals surface area contributed by atoms with Gasteiger partial charge in [-0.3, -0.25) is 4.57 Å². The summed E-state index contributed by atoms with van der Waals surface area (Å²) in [5.74, 6) is 0.849. The normalized spacial score (nSPS) is 12.5. The van der Waals surface area contributed by atoms with E-state index in [-0.39, 0.29) is 6.04 Å². The zero-order chi connectivity index (χ0) is 15.0. The van der Waals surface area contributed by atoms with E-state index in [1.165, 1.54) is 0 Å². The average molecular weight is 299 g/mol. The second-order valence-electron chi connectivity index (χ2n) is 5.13. The Balaban J connectivity index is 2.10. The van der Waals surface area contributed by atoms with Crippen molar-refractivity contribution in [3.05, 3.63) is 52.4 Å². The molecule has 2 heterocycles. The number of ether oxygens (including phenoxy) is 1. The minimum absolute atomic E-state index is 0.104. The quantitative estimate of drug-likeness (QED) is 0.743. The van der Waals surface area contributed by atoms with Crippen LogP contribution in [-0.4, -0.2) is 21.6 Å². The molecule has 0 amide bonds. The molecule has 2 aromatic heterocycles. The SMILES string of the molecule is COc1ccc(C(C)n2c(=S)[nH]c3cc(C)cnc32)cc1. The van der Waals surface area contributed by atoms with Gasteiger partial charge in [-0.15, -0.1) is 0 Å². The van der Waals surface area contributed by atoms with E-state index in [9.17, 15) is 0 Å². The van der Waals surface area contributed by atoms with Crippen molar-refractivity contribution in [1.82, 2.24) is 14.5 Å². The standard InChI is InChI=1S/C16H17N3OS/c1-10-8-14-15(17-9-10)19(16(21)18-14)11(2)12-4-6-13(20-3)7-5-12/h4-9,11H,1-3H3,(H,18,21). The number of aryl methyl sites for hydroxylation is 1. The molecule has 3 rings (SSSR count). The molecule has 0 saturated carbocycles. The molecular formula is C16H17N3OS. The number of fused-ring (bicyclic) bond motifs is 1. The number of imidazole rings is 1. The van der Waals surface area contributed by atoms with E-state index in [0.717, 1.165) is 28.0 Å². The van der Waals surface area contributed by atoms with Crippen LogP contribution in [0.3, 0.4) is 0 Å². The largest absolute Gasteiger partial charge is 0.497 e. The third-order valence-electron chi connectivity index (χ3n) is 3.68. The van der Waals surface area contributed by atoms with Crippen LogP contribution in [0.25, 0.3) is 11.2 Å². The van der Waals surface area contributed by atoms with Crippen LogP contribution in [0.5, 0.6) is 5.75 Å². The van der Waals surface area contributed by atoms with E-state index in [4.69, 9.17) is 17.0 Å². The number of rotatable bonds is 3. The minimum Gasteiger partial charge on any atom is -0.497 e. The molecule has 0 saturated heterocycles. The summed E-state index contributed by atoms with van der Waals surface area (Å²) in [7, 11) is 1.67. The van der Waals surface area contributed by atoms with Crippen LogP contribution in [0.1, 0.15) is 24.1 Å². The molecule has 0 aliphatic carbocycles. The van der Waals surface area contributed by atoms with E-state index in [2.05, 4.69) is 35.1 Å². The third kappa shape index (κ3) is 2.45. The second kappa shape index (κ2) is 5.33. The van der Waals surface area contributed by atoms with Crippen LogP contribution < -0.4 is 4.74 Å². The molecule has 4 nitrogen and oxygen atoms in total. The van der Waals surface area contributed by atoms with Crippen LogP contribution >= 0.6 is 12.2 Å². The highest BCUT2D eigenvalue weighted by Crippen LogP contribution is 2.25. The first kappa shape index (κ1) is 13.8. The van der Waals surface area contributed by atoms with Crippen molar-refractivity contribution in [2.45, 2.75) is 19.9 Å². The predicted molar refractivity (Wildman–Crippen MR) is 86.5 cm³/mol. The molecule has 0 spiro atoms. The Labute approximate surface area is 128 Å². The molecule has 0 bridgehead atoms. The zero-order valence-corrected chi connectivity index (χ0v) is 13.1. The molecule has 108 valence electrons. The van der Waals surface area contributed by atoms with E-state index < -0.39 is 0 Å². The zero-order valence-electron chi connectivity index (χ0n) is 12.3. The first-order valence-corrected chi connectivity index (χ1v) is 7.22. The lowest BCUT2D eigenvalue weighted by Gasteiger charge is -2.15. The number of nitrogens with one attached hydrogen (secondary N) is 1. The topological polar surface area (TPSA) is 42.8 Å². The van der Waals surface area contributed by atoms with Gasteiger partial charge in [-0.05, 0) is 55.4 Å². The summed E-state index contributed by atoms with van der Waals surface area (Å²) < 4.78 is 7.93. The number of H-pyrrole nitrogens is 1. The van der Waals surface area contributed by atoms with Gasteiger partial charge >= 0.3 is 0 Å². The van der Waals surface area contributed by atoms with Crippen LogP contribution in [0.4, 0.5) is 0 Å². The highest BCUT2D eigenvalue weighted by molar-refractivity contribution is 7.71. The van der Waals surface area contributed by atoms with Crippen molar-refractivity contribution in [3.8, 4) is 5.75 Å². The van der Waals surface area contributed by atoms with Crippen molar-refractivity contribution in [2.24, 2.45) is 0 Å². The first-order valence-electron chi connectivity index (χ1n) is 6.81. The fraction of sp³-hybridized carbons (Fsp3) is 0.250. The number of hydrogen-bond acceptors (Lipinski definition) is 3. The summed E-state index contributed by atoms with van der Waals surface area (Å²) in [6, 6.07) is 10.2. The van der Waals surface area contributed by atoms with Gasteiger partial charge in [0.15, 0.2) is 10.4 Å². The van der Waals surface area contributed by atoms with E-state index in [0.29, 0.717) is 4.77 Å². The Morgan fingerprint density at radius 2 is 2.00 bits per heavy atom. The molecular weight excluding hydrogens is 282 g/mol. The van der Waals surface area contributed by atoms with Gasteiger partial charge < -0.3 is 9.72 Å². The van der Waals surface area contributed by atoms with Gasteiger partial charge in [0.2, 0.25) is 0 Å². The Bertz CT molecular complexity index is 833. The summed E-state index contributed by atoms with van der Waals surface area (Å²) in [4.78, 5) is 7.75. The smallest absolute Gasteiger partial charge is 0.179 e. The molecule has 1 N–H and O–H groups in total. The van der Waals surface area contributed by atoms with Crippen molar-refractivity contribution in [2.75, 3.05) is 7.11 Å². The lowest BCUT2D eigenvalue weighted by atomic mass is 10.1. The van der Waals surface area contributed by atoms with Gasteiger partial charge in [0.25, 0.3) is 0 Å². The highest BCUT2D eigenvalue weighted by atomic mass is 32.1. The van der Waals surface area contributed by atoms with Crippen molar-refractivity contribution in [3.63, 3.8) is 0 Å². The summed E-state index contributed by atoms with van der Waals surface area (Å²) in [6.45, 7) is 4.14. The fourth-order valence-corrected chi connectivity index (χ4v) is 2.86. The molecule has 0 fully saturated rings. The van der Waals surface area contributed by atoms with E-state index >= 15 is 0 Å². The van der Waals surface area contributed by atoms with Gasteiger partial charge in [0.1, 0.15) is 5.75 Å². The van der Waals surface area contributed by atoms with Gasteiger partial charge in [-0.25, -0.2) is 4.98 Å². The Kier molecular flexibility index (Phi) is 3.51. The molecule has 3 aromatic rings. The summed E-state index contributed by atoms with van der Waals surface area (Å²) in [5.41, 5.74) is 4.13. The van der Waals surface area contributed by atoms with Crippen LogP contribution in [0.15, 0.2) is 36.5 Å². The molecule has 0 radical (unpaired) electrons. The number of aromatic amines is 1. The van der Waals surface area contributed by atoms with Crippen molar-refractivity contribution >= 4 is 23.4 Å². The fourth-order valence-electron chi connectivity index (χ4n) is 2.51. The molecule has 1 unspecified atom stereocenters. The number of pyridine rings is 1. The number of nitrogens with zero attached hydrogens (tertiary/aromatic N) is 2. The maximum Gasteiger partial charge on any atom is 0.179 e. The maximum atomic E-state index is 5.46. The van der Waals surface area contributed by atoms with E-state index in [1.807, 2.05) is 29.8 Å². The average Bonchev–Trinajstić information content (AvgIpc) is 2.81. The number of methoxy groups -OCH3 is 1. The lowest BCUT2D eigenvalue weighted by Crippen LogP contribution is -2.07. The molecule has 0 aliphatic rings. The van der Waals surface area contributed by atoms with Gasteiger partial charge in [0, 0.05) is 6.20 Å². The second-order valence-corrected chi connectivity index (χ2v) is 5.52. The van der Waals surface area contributed by atoms with Gasteiger partial charge in [-0.2, -0.15) is 0 Å².